The molecule has 0 aliphatic carbocycles. The Morgan fingerprint density at radius 3 is 2.62 bits per heavy atom. The molecule has 0 aromatic heterocycles. The van der Waals surface area contributed by atoms with Crippen LogP contribution in [0.2, 0.25) is 0 Å². The molecule has 0 amide bonds. The van der Waals surface area contributed by atoms with Gasteiger partial charge in [0.2, 0.25) is 0 Å². The van der Waals surface area contributed by atoms with E-state index < -0.39 is 0 Å². The Hall–Kier alpha value is -0.120. The number of rotatable bonds is 8. The van der Waals surface area contributed by atoms with Crippen molar-refractivity contribution in [1.29, 1.82) is 0 Å². The first-order valence-corrected chi connectivity index (χ1v) is 6.78. The third kappa shape index (κ3) is 5.28. The van der Waals surface area contributed by atoms with Crippen LogP contribution in [0.15, 0.2) is 0 Å². The molecular formula is C13H27NO2. The molecule has 1 N–H and O–H groups in total. The predicted octanol–water partition coefficient (Wildman–Crippen LogP) is 2.04. The number of hydrogen-bond donors (Lipinski definition) is 1. The van der Waals surface area contributed by atoms with Gasteiger partial charge in [-0.1, -0.05) is 13.8 Å². The van der Waals surface area contributed by atoms with E-state index >= 15 is 0 Å². The second-order valence-electron chi connectivity index (χ2n) is 4.68. The highest BCUT2D eigenvalue weighted by molar-refractivity contribution is 4.68. The maximum Gasteiger partial charge on any atom is 0.0577 e. The molecule has 0 bridgehead atoms. The van der Waals surface area contributed by atoms with Crippen LogP contribution in [-0.2, 0) is 4.74 Å². The van der Waals surface area contributed by atoms with Gasteiger partial charge in [-0.25, -0.2) is 0 Å². The molecule has 96 valence electrons. The van der Waals surface area contributed by atoms with Gasteiger partial charge < -0.3 is 14.7 Å². The van der Waals surface area contributed by atoms with E-state index in [1.807, 2.05) is 0 Å². The van der Waals surface area contributed by atoms with Crippen molar-refractivity contribution in [1.82, 2.24) is 4.90 Å². The zero-order chi connectivity index (χ0) is 11.8. The fourth-order valence-corrected chi connectivity index (χ4v) is 2.27. The van der Waals surface area contributed by atoms with E-state index in [-0.39, 0.29) is 6.10 Å². The van der Waals surface area contributed by atoms with Crippen LogP contribution in [0.1, 0.15) is 46.0 Å². The zero-order valence-corrected chi connectivity index (χ0v) is 10.8. The zero-order valence-electron chi connectivity index (χ0n) is 10.8. The SMILES string of the molecule is CCN(CC)CCC(O)CCC1CCCO1. The summed E-state index contributed by atoms with van der Waals surface area (Å²) in [6, 6.07) is 0. The highest BCUT2D eigenvalue weighted by atomic mass is 16.5. The van der Waals surface area contributed by atoms with Gasteiger partial charge in [-0.15, -0.1) is 0 Å². The molecule has 1 fully saturated rings. The first-order valence-electron chi connectivity index (χ1n) is 6.78. The standard InChI is InChI=1S/C13H27NO2/c1-3-14(4-2)10-9-12(15)7-8-13-6-5-11-16-13/h12-13,15H,3-11H2,1-2H3. The van der Waals surface area contributed by atoms with Gasteiger partial charge in [-0.3, -0.25) is 0 Å². The van der Waals surface area contributed by atoms with Crippen molar-refractivity contribution >= 4 is 0 Å². The van der Waals surface area contributed by atoms with Gasteiger partial charge >= 0.3 is 0 Å². The van der Waals surface area contributed by atoms with Crippen LogP contribution in [0, 0.1) is 0 Å². The lowest BCUT2D eigenvalue weighted by molar-refractivity contribution is 0.0753. The fraction of sp³-hybridized carbons (Fsp3) is 1.00. The van der Waals surface area contributed by atoms with Crippen LogP contribution in [0.5, 0.6) is 0 Å². The molecule has 1 rings (SSSR count). The van der Waals surface area contributed by atoms with E-state index in [4.69, 9.17) is 4.74 Å². The van der Waals surface area contributed by atoms with Crippen LogP contribution in [0.3, 0.4) is 0 Å². The molecule has 1 aliphatic rings. The van der Waals surface area contributed by atoms with E-state index in [1.54, 1.807) is 0 Å². The number of ether oxygens (including phenoxy) is 1. The lowest BCUT2D eigenvalue weighted by atomic mass is 10.1. The average molecular weight is 229 g/mol. The fourth-order valence-electron chi connectivity index (χ4n) is 2.27. The van der Waals surface area contributed by atoms with E-state index in [0.717, 1.165) is 45.5 Å². The Kier molecular flexibility index (Phi) is 7.01. The summed E-state index contributed by atoms with van der Waals surface area (Å²) < 4.78 is 5.55. The lowest BCUT2D eigenvalue weighted by Gasteiger charge is -2.20. The minimum atomic E-state index is -0.148. The largest absolute Gasteiger partial charge is 0.393 e. The third-order valence-corrected chi connectivity index (χ3v) is 3.52. The topological polar surface area (TPSA) is 32.7 Å². The van der Waals surface area contributed by atoms with Crippen LogP contribution >= 0.6 is 0 Å². The monoisotopic (exact) mass is 229 g/mol. The van der Waals surface area contributed by atoms with Crippen molar-refractivity contribution in [3.05, 3.63) is 0 Å². The molecule has 0 aromatic rings. The molecule has 2 unspecified atom stereocenters. The van der Waals surface area contributed by atoms with Gasteiger partial charge in [0.05, 0.1) is 12.2 Å². The molecular weight excluding hydrogens is 202 g/mol. The Morgan fingerprint density at radius 1 is 1.31 bits per heavy atom. The average Bonchev–Trinajstić information content (AvgIpc) is 2.80. The van der Waals surface area contributed by atoms with Gasteiger partial charge in [0.1, 0.15) is 0 Å². The van der Waals surface area contributed by atoms with Crippen molar-refractivity contribution in [3.8, 4) is 0 Å². The quantitative estimate of drug-likeness (QED) is 0.691. The third-order valence-electron chi connectivity index (χ3n) is 3.52. The second kappa shape index (κ2) is 8.04. The summed E-state index contributed by atoms with van der Waals surface area (Å²) in [7, 11) is 0. The van der Waals surface area contributed by atoms with E-state index in [2.05, 4.69) is 18.7 Å². The summed E-state index contributed by atoms with van der Waals surface area (Å²) in [6.07, 6.45) is 5.47. The van der Waals surface area contributed by atoms with Crippen LogP contribution in [0.4, 0.5) is 0 Å². The van der Waals surface area contributed by atoms with Crippen molar-refractivity contribution < 1.29 is 9.84 Å². The number of aliphatic hydroxyl groups is 1. The molecule has 1 aliphatic heterocycles. The summed E-state index contributed by atoms with van der Waals surface area (Å²) in [4.78, 5) is 2.36. The Bertz CT molecular complexity index is 159. The van der Waals surface area contributed by atoms with E-state index in [1.165, 1.54) is 12.8 Å². The van der Waals surface area contributed by atoms with E-state index in [0.29, 0.717) is 6.10 Å². The summed E-state index contributed by atoms with van der Waals surface area (Å²) in [5.74, 6) is 0. The van der Waals surface area contributed by atoms with Crippen molar-refractivity contribution in [2.75, 3.05) is 26.2 Å². The van der Waals surface area contributed by atoms with Gasteiger partial charge in [-0.2, -0.15) is 0 Å². The Balaban J connectivity index is 2.03. The molecule has 3 nitrogen and oxygen atoms in total. The van der Waals surface area contributed by atoms with Gasteiger partial charge in [0.25, 0.3) is 0 Å². The first kappa shape index (κ1) is 13.9. The normalized spacial score (nSPS) is 22.9. The predicted molar refractivity (Wildman–Crippen MR) is 66.6 cm³/mol. The highest BCUT2D eigenvalue weighted by Gasteiger charge is 2.17. The number of aliphatic hydroxyl groups excluding tert-OH is 1. The molecule has 0 radical (unpaired) electrons. The van der Waals surface area contributed by atoms with Crippen LogP contribution in [-0.4, -0.2) is 48.5 Å². The number of hydrogen-bond acceptors (Lipinski definition) is 3. The minimum Gasteiger partial charge on any atom is -0.393 e. The smallest absolute Gasteiger partial charge is 0.0577 e. The highest BCUT2D eigenvalue weighted by Crippen LogP contribution is 2.18. The number of nitrogens with zero attached hydrogens (tertiary/aromatic N) is 1. The van der Waals surface area contributed by atoms with Gasteiger partial charge in [-0.05, 0) is 45.2 Å². The maximum atomic E-state index is 9.87. The second-order valence-corrected chi connectivity index (χ2v) is 4.68. The van der Waals surface area contributed by atoms with Crippen molar-refractivity contribution in [2.45, 2.75) is 58.2 Å². The Morgan fingerprint density at radius 2 is 2.06 bits per heavy atom. The summed E-state index contributed by atoms with van der Waals surface area (Å²) in [5.41, 5.74) is 0. The van der Waals surface area contributed by atoms with Gasteiger partial charge in [0, 0.05) is 13.2 Å². The molecule has 2 atom stereocenters. The van der Waals surface area contributed by atoms with E-state index in [9.17, 15) is 5.11 Å². The van der Waals surface area contributed by atoms with Crippen molar-refractivity contribution in [3.63, 3.8) is 0 Å². The molecule has 1 saturated heterocycles. The molecule has 0 saturated carbocycles. The molecule has 0 spiro atoms. The molecule has 16 heavy (non-hydrogen) atoms. The summed E-state index contributed by atoms with van der Waals surface area (Å²) >= 11 is 0. The molecule has 3 heteroatoms. The van der Waals surface area contributed by atoms with Gasteiger partial charge in [0.15, 0.2) is 0 Å². The summed E-state index contributed by atoms with van der Waals surface area (Å²) in [6.45, 7) is 8.42. The maximum absolute atomic E-state index is 9.87. The van der Waals surface area contributed by atoms with Crippen LogP contribution < -0.4 is 0 Å². The van der Waals surface area contributed by atoms with Crippen LogP contribution in [0.25, 0.3) is 0 Å². The minimum absolute atomic E-state index is 0.148. The first-order chi connectivity index (χ1) is 7.76. The summed E-state index contributed by atoms with van der Waals surface area (Å²) in [5, 5.41) is 9.87. The lowest BCUT2D eigenvalue weighted by Crippen LogP contribution is -2.27. The Labute approximate surface area is 99.8 Å². The van der Waals surface area contributed by atoms with Crippen molar-refractivity contribution in [2.24, 2.45) is 0 Å². The molecule has 1 heterocycles. The molecule has 0 aromatic carbocycles.